The summed E-state index contributed by atoms with van der Waals surface area (Å²) in [5, 5.41) is 0. The number of carbonyl (C=O) groups excluding carboxylic acids is 1. The fourth-order valence-corrected chi connectivity index (χ4v) is 2.59. The Bertz CT molecular complexity index is 511. The van der Waals surface area contributed by atoms with Crippen LogP contribution in [0.15, 0.2) is 34.3 Å². The van der Waals surface area contributed by atoms with Crippen LogP contribution in [0.3, 0.4) is 0 Å². The van der Waals surface area contributed by atoms with E-state index in [9.17, 15) is 4.79 Å². The lowest BCUT2D eigenvalue weighted by Gasteiger charge is -2.27. The summed E-state index contributed by atoms with van der Waals surface area (Å²) in [5.41, 5.74) is 3.05. The summed E-state index contributed by atoms with van der Waals surface area (Å²) in [4.78, 5) is 14.4. The van der Waals surface area contributed by atoms with Crippen LogP contribution in [0, 0.1) is 6.92 Å². The van der Waals surface area contributed by atoms with Crippen molar-refractivity contribution in [2.24, 2.45) is 0 Å². The van der Waals surface area contributed by atoms with E-state index in [1.54, 1.807) is 7.11 Å². The molecule has 0 aliphatic carbocycles. The van der Waals surface area contributed by atoms with Crippen LogP contribution >= 0.6 is 15.9 Å². The van der Waals surface area contributed by atoms with Crippen molar-refractivity contribution in [1.29, 1.82) is 0 Å². The highest BCUT2D eigenvalue weighted by molar-refractivity contribution is 9.10. The smallest absolute Gasteiger partial charge is 0.254 e. The van der Waals surface area contributed by atoms with Crippen molar-refractivity contribution in [2.45, 2.75) is 13.3 Å². The zero-order valence-electron chi connectivity index (χ0n) is 11.3. The standard InChI is InChI=1S/C15H18BrNO2/c1-11-13(4-3-5-14(11)16)15(18)17-8-6-12(7-9-17)10-19-2/h3-6H,7-10H2,1-2H3. The van der Waals surface area contributed by atoms with Crippen molar-refractivity contribution in [3.05, 3.63) is 45.4 Å². The van der Waals surface area contributed by atoms with Crippen molar-refractivity contribution in [3.8, 4) is 0 Å². The molecule has 0 unspecified atom stereocenters. The molecule has 1 heterocycles. The van der Waals surface area contributed by atoms with Crippen LogP contribution in [-0.4, -0.2) is 37.6 Å². The third-order valence-electron chi connectivity index (χ3n) is 3.42. The van der Waals surface area contributed by atoms with Crippen LogP contribution in [0.5, 0.6) is 0 Å². The number of methoxy groups -OCH3 is 1. The Labute approximate surface area is 122 Å². The van der Waals surface area contributed by atoms with Gasteiger partial charge in [-0.2, -0.15) is 0 Å². The molecule has 1 aromatic carbocycles. The van der Waals surface area contributed by atoms with Gasteiger partial charge in [0.15, 0.2) is 0 Å². The number of nitrogens with zero attached hydrogens (tertiary/aromatic N) is 1. The maximum absolute atomic E-state index is 12.5. The normalized spacial score (nSPS) is 15.3. The first-order valence-corrected chi connectivity index (χ1v) is 7.14. The summed E-state index contributed by atoms with van der Waals surface area (Å²) in [6.45, 7) is 4.06. The number of ether oxygens (including phenoxy) is 1. The monoisotopic (exact) mass is 323 g/mol. The molecule has 1 aromatic rings. The molecule has 0 saturated carbocycles. The van der Waals surface area contributed by atoms with Crippen LogP contribution in [0.1, 0.15) is 22.3 Å². The lowest BCUT2D eigenvalue weighted by molar-refractivity contribution is 0.0764. The highest BCUT2D eigenvalue weighted by Crippen LogP contribution is 2.22. The van der Waals surface area contributed by atoms with E-state index in [0.29, 0.717) is 13.2 Å². The molecular weight excluding hydrogens is 306 g/mol. The number of rotatable bonds is 3. The van der Waals surface area contributed by atoms with Gasteiger partial charge in [-0.25, -0.2) is 0 Å². The van der Waals surface area contributed by atoms with Crippen LogP contribution in [0.25, 0.3) is 0 Å². The van der Waals surface area contributed by atoms with E-state index >= 15 is 0 Å². The van der Waals surface area contributed by atoms with Crippen LogP contribution in [0.2, 0.25) is 0 Å². The molecule has 0 N–H and O–H groups in total. The highest BCUT2D eigenvalue weighted by atomic mass is 79.9. The third-order valence-corrected chi connectivity index (χ3v) is 4.28. The Hall–Kier alpha value is -1.13. The second-order valence-electron chi connectivity index (χ2n) is 4.71. The molecule has 0 aromatic heterocycles. The summed E-state index contributed by atoms with van der Waals surface area (Å²) in [6, 6.07) is 5.75. The predicted octanol–water partition coefficient (Wildman–Crippen LogP) is 3.18. The lowest BCUT2D eigenvalue weighted by atomic mass is 10.0. The largest absolute Gasteiger partial charge is 0.380 e. The predicted molar refractivity (Wildman–Crippen MR) is 79.4 cm³/mol. The maximum Gasteiger partial charge on any atom is 0.254 e. The van der Waals surface area contributed by atoms with E-state index < -0.39 is 0 Å². The number of hydrogen-bond acceptors (Lipinski definition) is 2. The van der Waals surface area contributed by atoms with Crippen molar-refractivity contribution in [2.75, 3.05) is 26.8 Å². The van der Waals surface area contributed by atoms with Crippen molar-refractivity contribution in [1.82, 2.24) is 4.90 Å². The zero-order valence-corrected chi connectivity index (χ0v) is 12.9. The number of amides is 1. The average molecular weight is 324 g/mol. The average Bonchev–Trinajstić information content (AvgIpc) is 2.42. The number of carbonyl (C=O) groups is 1. The first-order valence-electron chi connectivity index (χ1n) is 6.34. The molecule has 0 atom stereocenters. The van der Waals surface area contributed by atoms with E-state index in [1.165, 1.54) is 5.57 Å². The highest BCUT2D eigenvalue weighted by Gasteiger charge is 2.20. The summed E-state index contributed by atoms with van der Waals surface area (Å²) in [5.74, 6) is 0.103. The van der Waals surface area contributed by atoms with Gasteiger partial charge in [0.25, 0.3) is 5.91 Å². The van der Waals surface area contributed by atoms with E-state index in [1.807, 2.05) is 30.0 Å². The summed E-state index contributed by atoms with van der Waals surface area (Å²) in [7, 11) is 1.70. The Kier molecular flexibility index (Phi) is 4.77. The minimum Gasteiger partial charge on any atom is -0.380 e. The molecule has 1 aliphatic rings. The fourth-order valence-electron chi connectivity index (χ4n) is 2.22. The molecule has 1 amide bonds. The number of benzene rings is 1. The van der Waals surface area contributed by atoms with Gasteiger partial charge >= 0.3 is 0 Å². The Morgan fingerprint density at radius 2 is 2.26 bits per heavy atom. The molecule has 4 heteroatoms. The van der Waals surface area contributed by atoms with Gasteiger partial charge in [0.1, 0.15) is 0 Å². The number of hydrogen-bond donors (Lipinski definition) is 0. The van der Waals surface area contributed by atoms with Gasteiger partial charge in [-0.05, 0) is 36.6 Å². The first kappa shape index (κ1) is 14.3. The van der Waals surface area contributed by atoms with E-state index in [2.05, 4.69) is 22.0 Å². The SMILES string of the molecule is COCC1=CCN(C(=O)c2cccc(Br)c2C)CC1. The van der Waals surface area contributed by atoms with E-state index in [0.717, 1.165) is 28.6 Å². The molecule has 0 radical (unpaired) electrons. The van der Waals surface area contributed by atoms with E-state index in [4.69, 9.17) is 4.74 Å². The van der Waals surface area contributed by atoms with Crippen molar-refractivity contribution >= 4 is 21.8 Å². The van der Waals surface area contributed by atoms with Gasteiger partial charge in [-0.1, -0.05) is 28.1 Å². The molecule has 2 rings (SSSR count). The summed E-state index contributed by atoms with van der Waals surface area (Å²) >= 11 is 3.47. The zero-order chi connectivity index (χ0) is 13.8. The van der Waals surface area contributed by atoms with Crippen LogP contribution in [0.4, 0.5) is 0 Å². The lowest BCUT2D eigenvalue weighted by Crippen LogP contribution is -2.35. The van der Waals surface area contributed by atoms with Crippen LogP contribution < -0.4 is 0 Å². The molecule has 102 valence electrons. The minimum absolute atomic E-state index is 0.103. The van der Waals surface area contributed by atoms with Gasteiger partial charge in [-0.15, -0.1) is 0 Å². The first-order chi connectivity index (χ1) is 9.13. The quantitative estimate of drug-likeness (QED) is 0.799. The minimum atomic E-state index is 0.103. The third kappa shape index (κ3) is 3.25. The number of halogens is 1. The van der Waals surface area contributed by atoms with E-state index in [-0.39, 0.29) is 5.91 Å². The molecule has 3 nitrogen and oxygen atoms in total. The van der Waals surface area contributed by atoms with Crippen molar-refractivity contribution < 1.29 is 9.53 Å². The van der Waals surface area contributed by atoms with Gasteiger partial charge in [0.05, 0.1) is 6.61 Å². The molecule has 1 aliphatic heterocycles. The second-order valence-corrected chi connectivity index (χ2v) is 5.56. The molecule has 0 saturated heterocycles. The van der Waals surface area contributed by atoms with Gasteiger partial charge < -0.3 is 9.64 Å². The van der Waals surface area contributed by atoms with Gasteiger partial charge in [0, 0.05) is 30.2 Å². The fraction of sp³-hybridized carbons (Fsp3) is 0.400. The molecule has 0 spiro atoms. The molecule has 19 heavy (non-hydrogen) atoms. The van der Waals surface area contributed by atoms with Gasteiger partial charge in [0.2, 0.25) is 0 Å². The maximum atomic E-state index is 12.5. The molecule has 0 bridgehead atoms. The molecule has 0 fully saturated rings. The Morgan fingerprint density at radius 3 is 2.89 bits per heavy atom. The Morgan fingerprint density at radius 1 is 1.47 bits per heavy atom. The topological polar surface area (TPSA) is 29.5 Å². The second kappa shape index (κ2) is 6.35. The summed E-state index contributed by atoms with van der Waals surface area (Å²) < 4.78 is 6.10. The van der Waals surface area contributed by atoms with Crippen LogP contribution in [-0.2, 0) is 4.74 Å². The Balaban J connectivity index is 2.12. The summed E-state index contributed by atoms with van der Waals surface area (Å²) in [6.07, 6.45) is 2.99. The van der Waals surface area contributed by atoms with Crippen molar-refractivity contribution in [3.63, 3.8) is 0 Å². The van der Waals surface area contributed by atoms with Gasteiger partial charge in [-0.3, -0.25) is 4.79 Å². The molecular formula is C15H18BrNO2.